The van der Waals surface area contributed by atoms with Gasteiger partial charge >= 0.3 is 6.09 Å². The fourth-order valence-corrected chi connectivity index (χ4v) is 4.34. The summed E-state index contributed by atoms with van der Waals surface area (Å²) < 4.78 is 0. The first-order chi connectivity index (χ1) is 13.5. The first-order valence-corrected chi connectivity index (χ1v) is 9.67. The third-order valence-corrected chi connectivity index (χ3v) is 5.93. The van der Waals surface area contributed by atoms with E-state index in [0.29, 0.717) is 16.1 Å². The molecule has 0 saturated carbocycles. The van der Waals surface area contributed by atoms with Crippen LogP contribution in [0.5, 0.6) is 0 Å². The number of aryl methyl sites for hydroxylation is 1. The van der Waals surface area contributed by atoms with E-state index in [4.69, 9.17) is 21.7 Å². The van der Waals surface area contributed by atoms with E-state index in [9.17, 15) is 14.9 Å². The number of rotatable bonds is 1. The van der Waals surface area contributed by atoms with Crippen molar-refractivity contribution in [3.05, 3.63) is 40.0 Å². The van der Waals surface area contributed by atoms with Crippen LogP contribution in [0.15, 0.2) is 18.2 Å². The Hall–Kier alpha value is -2.85. The van der Waals surface area contributed by atoms with Gasteiger partial charge in [0.25, 0.3) is 5.91 Å². The number of aromatic nitrogens is 1. The summed E-state index contributed by atoms with van der Waals surface area (Å²) in [5, 5.41) is 20.1. The van der Waals surface area contributed by atoms with Crippen LogP contribution in [-0.2, 0) is 12.8 Å². The lowest BCUT2D eigenvalue weighted by molar-refractivity contribution is 0.0539. The number of nitriles is 1. The van der Waals surface area contributed by atoms with Crippen molar-refractivity contribution in [2.45, 2.75) is 31.7 Å². The van der Waals surface area contributed by atoms with Gasteiger partial charge in [-0.25, -0.2) is 4.79 Å². The molecular formula is C20H19ClN4O3. The number of hydrogen-bond acceptors (Lipinski definition) is 4. The molecule has 1 saturated heterocycles. The monoisotopic (exact) mass is 398 g/mol. The molecule has 0 spiro atoms. The third kappa shape index (κ3) is 3.14. The van der Waals surface area contributed by atoms with Gasteiger partial charge in [-0.1, -0.05) is 17.7 Å². The van der Waals surface area contributed by atoms with Crippen LogP contribution < -0.4 is 0 Å². The van der Waals surface area contributed by atoms with E-state index in [-0.39, 0.29) is 25.5 Å². The Labute approximate surface area is 167 Å². The highest BCUT2D eigenvalue weighted by atomic mass is 35.5. The minimum atomic E-state index is -1.08. The summed E-state index contributed by atoms with van der Waals surface area (Å²) >= 11 is 6.59. The number of halogens is 1. The second-order valence-corrected chi connectivity index (χ2v) is 7.54. The van der Waals surface area contributed by atoms with Crippen molar-refractivity contribution < 1.29 is 14.7 Å². The molecule has 1 unspecified atom stereocenters. The fraction of sp³-hybridized carbons (Fsp3) is 0.400. The SMILES string of the molecule is N#CC1CN(C(=O)O)CCN1C(=O)c1ccc2c(Cl)c3c(nc2c1)CCCC3. The molecule has 2 heterocycles. The minimum absolute atomic E-state index is 0.0112. The van der Waals surface area contributed by atoms with Crippen LogP contribution in [0.3, 0.4) is 0 Å². The molecule has 144 valence electrons. The Kier molecular flexibility index (Phi) is 4.82. The van der Waals surface area contributed by atoms with Crippen LogP contribution in [0, 0.1) is 11.3 Å². The number of fused-ring (bicyclic) bond motifs is 2. The largest absolute Gasteiger partial charge is 0.465 e. The predicted molar refractivity (Wildman–Crippen MR) is 103 cm³/mol. The first-order valence-electron chi connectivity index (χ1n) is 9.29. The van der Waals surface area contributed by atoms with Crippen LogP contribution in [0.2, 0.25) is 5.02 Å². The summed E-state index contributed by atoms with van der Waals surface area (Å²) in [5.74, 6) is -0.297. The molecule has 8 heteroatoms. The maximum Gasteiger partial charge on any atom is 0.407 e. The molecule has 1 fully saturated rings. The summed E-state index contributed by atoms with van der Waals surface area (Å²) in [6.07, 6.45) is 2.92. The third-order valence-electron chi connectivity index (χ3n) is 5.50. The highest BCUT2D eigenvalue weighted by Gasteiger charge is 2.33. The van der Waals surface area contributed by atoms with Gasteiger partial charge in [0.15, 0.2) is 0 Å². The van der Waals surface area contributed by atoms with Crippen LogP contribution in [0.4, 0.5) is 4.79 Å². The summed E-state index contributed by atoms with van der Waals surface area (Å²) in [6.45, 7) is 0.354. The van der Waals surface area contributed by atoms with E-state index < -0.39 is 12.1 Å². The molecule has 2 aliphatic rings. The molecule has 0 bridgehead atoms. The number of pyridine rings is 1. The van der Waals surface area contributed by atoms with Crippen LogP contribution >= 0.6 is 11.6 Å². The van der Waals surface area contributed by atoms with Gasteiger partial charge in [0.1, 0.15) is 6.04 Å². The van der Waals surface area contributed by atoms with E-state index in [2.05, 4.69) is 0 Å². The van der Waals surface area contributed by atoms with E-state index in [1.165, 1.54) is 4.90 Å². The summed E-state index contributed by atoms with van der Waals surface area (Å²) in [5.41, 5.74) is 3.21. The zero-order valence-corrected chi connectivity index (χ0v) is 15.9. The van der Waals surface area contributed by atoms with Crippen molar-refractivity contribution in [2.75, 3.05) is 19.6 Å². The molecule has 2 amide bonds. The summed E-state index contributed by atoms with van der Waals surface area (Å²) in [6, 6.07) is 6.45. The van der Waals surface area contributed by atoms with E-state index >= 15 is 0 Å². The number of carbonyl (C=O) groups excluding carboxylic acids is 1. The average Bonchev–Trinajstić information content (AvgIpc) is 2.72. The van der Waals surface area contributed by atoms with Crippen molar-refractivity contribution in [3.8, 4) is 6.07 Å². The van der Waals surface area contributed by atoms with Gasteiger partial charge in [-0.3, -0.25) is 9.78 Å². The Bertz CT molecular complexity index is 1020. The van der Waals surface area contributed by atoms with E-state index in [1.807, 2.05) is 12.1 Å². The van der Waals surface area contributed by atoms with Gasteiger partial charge in [0.05, 0.1) is 23.2 Å². The van der Waals surface area contributed by atoms with Gasteiger partial charge in [0.2, 0.25) is 0 Å². The molecule has 28 heavy (non-hydrogen) atoms. The highest BCUT2D eigenvalue weighted by Crippen LogP contribution is 2.33. The lowest BCUT2D eigenvalue weighted by atomic mass is 9.94. The number of carboxylic acid groups (broad SMARTS) is 1. The number of amides is 2. The molecule has 1 atom stereocenters. The molecule has 0 radical (unpaired) electrons. The summed E-state index contributed by atoms with van der Waals surface area (Å²) in [4.78, 5) is 31.5. The molecular weight excluding hydrogens is 380 g/mol. The first kappa shape index (κ1) is 18.5. The molecule has 2 aromatic rings. The zero-order valence-electron chi connectivity index (χ0n) is 15.2. The standard InChI is InChI=1S/C20H19ClN4O3/c21-18-14-3-1-2-4-16(14)23-17-9-12(5-6-15(17)18)19(26)25-8-7-24(20(27)28)11-13(25)10-22/h5-6,9,13H,1-4,7-8,11H2,(H,27,28). The van der Waals surface area contributed by atoms with E-state index in [1.54, 1.807) is 12.1 Å². The normalized spacial score (nSPS) is 19.2. The zero-order chi connectivity index (χ0) is 19.8. The van der Waals surface area contributed by atoms with Gasteiger partial charge in [-0.2, -0.15) is 5.26 Å². The fourth-order valence-electron chi connectivity index (χ4n) is 3.98. The number of hydrogen-bond donors (Lipinski definition) is 1. The maximum absolute atomic E-state index is 13.0. The Balaban J connectivity index is 1.66. The Morgan fingerprint density at radius 1 is 1.25 bits per heavy atom. The van der Waals surface area contributed by atoms with Crippen molar-refractivity contribution in [3.63, 3.8) is 0 Å². The smallest absolute Gasteiger partial charge is 0.407 e. The van der Waals surface area contributed by atoms with Crippen molar-refractivity contribution >= 4 is 34.5 Å². The van der Waals surface area contributed by atoms with Gasteiger partial charge in [-0.15, -0.1) is 0 Å². The van der Waals surface area contributed by atoms with E-state index in [0.717, 1.165) is 47.2 Å². The number of piperazine rings is 1. The molecule has 7 nitrogen and oxygen atoms in total. The van der Waals surface area contributed by atoms with Crippen LogP contribution in [0.1, 0.15) is 34.5 Å². The number of carbonyl (C=O) groups is 2. The van der Waals surface area contributed by atoms with Crippen LogP contribution in [-0.4, -0.2) is 57.6 Å². The topological polar surface area (TPSA) is 97.5 Å². The summed E-state index contributed by atoms with van der Waals surface area (Å²) in [7, 11) is 0. The number of nitrogens with zero attached hydrogens (tertiary/aromatic N) is 4. The van der Waals surface area contributed by atoms with Gasteiger partial charge in [0, 0.05) is 29.7 Å². The maximum atomic E-state index is 13.0. The molecule has 1 aliphatic heterocycles. The quantitative estimate of drug-likeness (QED) is 0.795. The Morgan fingerprint density at radius 3 is 2.79 bits per heavy atom. The second kappa shape index (κ2) is 7.28. The predicted octanol–water partition coefficient (Wildman–Crippen LogP) is 3.09. The highest BCUT2D eigenvalue weighted by molar-refractivity contribution is 6.36. The average molecular weight is 399 g/mol. The minimum Gasteiger partial charge on any atom is -0.465 e. The molecule has 1 N–H and O–H groups in total. The Morgan fingerprint density at radius 2 is 2.04 bits per heavy atom. The van der Waals surface area contributed by atoms with Crippen molar-refractivity contribution in [2.24, 2.45) is 0 Å². The molecule has 4 rings (SSSR count). The molecule has 1 aromatic heterocycles. The van der Waals surface area contributed by atoms with Gasteiger partial charge < -0.3 is 14.9 Å². The lowest BCUT2D eigenvalue weighted by Crippen LogP contribution is -2.55. The molecule has 1 aromatic carbocycles. The van der Waals surface area contributed by atoms with Crippen molar-refractivity contribution in [1.29, 1.82) is 5.26 Å². The van der Waals surface area contributed by atoms with Crippen molar-refractivity contribution in [1.82, 2.24) is 14.8 Å². The number of benzene rings is 1. The second-order valence-electron chi connectivity index (χ2n) is 7.16. The van der Waals surface area contributed by atoms with Crippen LogP contribution in [0.25, 0.3) is 10.9 Å². The lowest BCUT2D eigenvalue weighted by Gasteiger charge is -2.36. The molecule has 1 aliphatic carbocycles. The van der Waals surface area contributed by atoms with Gasteiger partial charge in [-0.05, 0) is 43.4 Å².